The highest BCUT2D eigenvalue weighted by molar-refractivity contribution is 5.30. The summed E-state index contributed by atoms with van der Waals surface area (Å²) in [6.45, 7) is 8.72. The maximum absolute atomic E-state index is 4.58. The van der Waals surface area contributed by atoms with E-state index in [2.05, 4.69) is 53.8 Å². The first-order chi connectivity index (χ1) is 8.06. The number of piperidine rings is 1. The summed E-state index contributed by atoms with van der Waals surface area (Å²) in [4.78, 5) is 6.99. The molecule has 1 fully saturated rings. The number of hydrogen-bond donors (Lipinski definition) is 1. The van der Waals surface area contributed by atoms with E-state index in [1.807, 2.05) is 0 Å². The minimum atomic E-state index is 0.428. The Morgan fingerprint density at radius 1 is 1.47 bits per heavy atom. The maximum atomic E-state index is 4.58. The highest BCUT2D eigenvalue weighted by Crippen LogP contribution is 2.25. The molecule has 1 N–H and O–H groups in total. The highest BCUT2D eigenvalue weighted by Gasteiger charge is 2.21. The quantitative estimate of drug-likeness (QED) is 0.874. The van der Waals surface area contributed by atoms with Gasteiger partial charge in [0.25, 0.3) is 0 Å². The molecule has 0 saturated carbocycles. The average Bonchev–Trinajstić information content (AvgIpc) is 2.58. The molecule has 2 heterocycles. The number of likely N-dealkylation sites (N-methyl/N-ethyl adjacent to an activating group) is 1. The molecular formula is C13H24N4. The number of imidazole rings is 1. The standard InChI is InChI=1S/C13H24N4/c1-10(2)14-13-15-11(3)8-17(13)12-6-5-7-16(4)9-12/h8,10,12H,5-7,9H2,1-4H3,(H,14,15). The smallest absolute Gasteiger partial charge is 0.203 e. The van der Waals surface area contributed by atoms with E-state index in [0.717, 1.165) is 18.2 Å². The normalized spacial score (nSPS) is 22.1. The predicted octanol–water partition coefficient (Wildman–Crippen LogP) is 2.28. The van der Waals surface area contributed by atoms with E-state index >= 15 is 0 Å². The molecule has 1 unspecified atom stereocenters. The Labute approximate surface area is 104 Å². The van der Waals surface area contributed by atoms with Gasteiger partial charge < -0.3 is 14.8 Å². The second kappa shape index (κ2) is 5.08. The molecule has 0 bridgehead atoms. The van der Waals surface area contributed by atoms with Crippen molar-refractivity contribution in [1.29, 1.82) is 0 Å². The molecule has 0 aliphatic carbocycles. The Balaban J connectivity index is 2.18. The number of aromatic nitrogens is 2. The molecule has 0 spiro atoms. The van der Waals surface area contributed by atoms with Crippen LogP contribution in [-0.4, -0.2) is 40.6 Å². The number of hydrogen-bond acceptors (Lipinski definition) is 3. The molecule has 1 aliphatic rings. The Morgan fingerprint density at radius 3 is 2.88 bits per heavy atom. The van der Waals surface area contributed by atoms with Gasteiger partial charge in [0.15, 0.2) is 0 Å². The van der Waals surface area contributed by atoms with Crippen molar-refractivity contribution in [2.24, 2.45) is 0 Å². The fourth-order valence-electron chi connectivity index (χ4n) is 2.53. The first-order valence-electron chi connectivity index (χ1n) is 6.57. The van der Waals surface area contributed by atoms with Gasteiger partial charge in [-0.2, -0.15) is 0 Å². The van der Waals surface area contributed by atoms with E-state index in [1.54, 1.807) is 0 Å². The van der Waals surface area contributed by atoms with Gasteiger partial charge in [-0.1, -0.05) is 0 Å². The van der Waals surface area contributed by atoms with Crippen molar-refractivity contribution in [3.63, 3.8) is 0 Å². The third kappa shape index (κ3) is 3.00. The second-order valence-electron chi connectivity index (χ2n) is 5.47. The molecule has 17 heavy (non-hydrogen) atoms. The molecule has 0 amide bonds. The van der Waals surface area contributed by atoms with Gasteiger partial charge in [0.2, 0.25) is 5.95 Å². The second-order valence-corrected chi connectivity index (χ2v) is 5.47. The number of likely N-dealkylation sites (tertiary alicyclic amines) is 1. The molecule has 0 radical (unpaired) electrons. The van der Waals surface area contributed by atoms with Crippen LogP contribution < -0.4 is 5.32 Å². The van der Waals surface area contributed by atoms with Crippen LogP contribution in [0.15, 0.2) is 6.20 Å². The summed E-state index contributed by atoms with van der Waals surface area (Å²) in [6.07, 6.45) is 4.71. The van der Waals surface area contributed by atoms with Crippen LogP contribution in [0, 0.1) is 6.92 Å². The molecule has 2 rings (SSSR count). The topological polar surface area (TPSA) is 33.1 Å². The third-order valence-electron chi connectivity index (χ3n) is 3.26. The fraction of sp³-hybridized carbons (Fsp3) is 0.769. The molecule has 1 aromatic rings. The monoisotopic (exact) mass is 236 g/mol. The molecule has 0 aromatic carbocycles. The Kier molecular flexibility index (Phi) is 3.72. The van der Waals surface area contributed by atoms with Crippen LogP contribution >= 0.6 is 0 Å². The lowest BCUT2D eigenvalue weighted by molar-refractivity contribution is 0.213. The minimum absolute atomic E-state index is 0.428. The first-order valence-corrected chi connectivity index (χ1v) is 6.57. The van der Waals surface area contributed by atoms with E-state index in [0.29, 0.717) is 12.1 Å². The van der Waals surface area contributed by atoms with Gasteiger partial charge in [0.05, 0.1) is 5.69 Å². The lowest BCUT2D eigenvalue weighted by atomic mass is 10.1. The summed E-state index contributed by atoms with van der Waals surface area (Å²) in [5.74, 6) is 1.03. The van der Waals surface area contributed by atoms with Gasteiger partial charge in [0.1, 0.15) is 0 Å². The molecule has 96 valence electrons. The summed E-state index contributed by atoms with van der Waals surface area (Å²) < 4.78 is 2.32. The Hall–Kier alpha value is -1.03. The number of nitrogens with zero attached hydrogens (tertiary/aromatic N) is 3. The van der Waals surface area contributed by atoms with E-state index in [-0.39, 0.29) is 0 Å². The summed E-state index contributed by atoms with van der Waals surface area (Å²) >= 11 is 0. The van der Waals surface area contributed by atoms with Crippen molar-refractivity contribution in [2.75, 3.05) is 25.5 Å². The zero-order chi connectivity index (χ0) is 12.4. The van der Waals surface area contributed by atoms with Crippen LogP contribution in [0.4, 0.5) is 5.95 Å². The average molecular weight is 236 g/mol. The zero-order valence-corrected chi connectivity index (χ0v) is 11.4. The summed E-state index contributed by atoms with van der Waals surface area (Å²) in [6, 6.07) is 0.994. The van der Waals surface area contributed by atoms with E-state index in [1.165, 1.54) is 19.4 Å². The van der Waals surface area contributed by atoms with Crippen molar-refractivity contribution in [3.05, 3.63) is 11.9 Å². The van der Waals surface area contributed by atoms with Crippen molar-refractivity contribution in [3.8, 4) is 0 Å². The molecule has 4 heteroatoms. The van der Waals surface area contributed by atoms with Crippen LogP contribution in [0.3, 0.4) is 0 Å². The van der Waals surface area contributed by atoms with Gasteiger partial charge in [-0.05, 0) is 47.2 Å². The molecule has 1 aliphatic heterocycles. The van der Waals surface area contributed by atoms with Crippen LogP contribution in [-0.2, 0) is 0 Å². The van der Waals surface area contributed by atoms with Crippen LogP contribution in [0.1, 0.15) is 38.4 Å². The van der Waals surface area contributed by atoms with E-state index in [9.17, 15) is 0 Å². The van der Waals surface area contributed by atoms with Gasteiger partial charge in [-0.15, -0.1) is 0 Å². The van der Waals surface area contributed by atoms with Crippen molar-refractivity contribution in [1.82, 2.24) is 14.5 Å². The van der Waals surface area contributed by atoms with Gasteiger partial charge >= 0.3 is 0 Å². The third-order valence-corrected chi connectivity index (χ3v) is 3.26. The Morgan fingerprint density at radius 2 is 2.24 bits per heavy atom. The van der Waals surface area contributed by atoms with Crippen molar-refractivity contribution in [2.45, 2.75) is 45.7 Å². The number of aryl methyl sites for hydroxylation is 1. The zero-order valence-electron chi connectivity index (χ0n) is 11.4. The van der Waals surface area contributed by atoms with Gasteiger partial charge in [-0.25, -0.2) is 4.98 Å². The molecule has 1 aromatic heterocycles. The first kappa shape index (κ1) is 12.4. The SMILES string of the molecule is Cc1cn(C2CCCN(C)C2)c(NC(C)C)n1. The van der Waals surface area contributed by atoms with E-state index in [4.69, 9.17) is 0 Å². The Bertz CT molecular complexity index is 369. The van der Waals surface area contributed by atoms with Gasteiger partial charge in [-0.3, -0.25) is 0 Å². The summed E-state index contributed by atoms with van der Waals surface area (Å²) in [5.41, 5.74) is 1.10. The van der Waals surface area contributed by atoms with Crippen LogP contribution in [0.5, 0.6) is 0 Å². The summed E-state index contributed by atoms with van der Waals surface area (Å²) in [7, 11) is 2.20. The molecule has 4 nitrogen and oxygen atoms in total. The molecule has 1 saturated heterocycles. The number of rotatable bonds is 3. The van der Waals surface area contributed by atoms with E-state index < -0.39 is 0 Å². The maximum Gasteiger partial charge on any atom is 0.203 e. The number of anilines is 1. The lowest BCUT2D eigenvalue weighted by Gasteiger charge is -2.31. The van der Waals surface area contributed by atoms with Crippen LogP contribution in [0.25, 0.3) is 0 Å². The van der Waals surface area contributed by atoms with Crippen molar-refractivity contribution < 1.29 is 0 Å². The van der Waals surface area contributed by atoms with Crippen LogP contribution in [0.2, 0.25) is 0 Å². The minimum Gasteiger partial charge on any atom is -0.353 e. The van der Waals surface area contributed by atoms with Gasteiger partial charge in [0, 0.05) is 24.8 Å². The highest BCUT2D eigenvalue weighted by atomic mass is 15.3. The fourth-order valence-corrected chi connectivity index (χ4v) is 2.53. The largest absolute Gasteiger partial charge is 0.353 e. The van der Waals surface area contributed by atoms with Crippen molar-refractivity contribution >= 4 is 5.95 Å². The number of nitrogens with one attached hydrogen (secondary N) is 1. The molecular weight excluding hydrogens is 212 g/mol. The molecule has 1 atom stereocenters. The predicted molar refractivity (Wildman–Crippen MR) is 71.5 cm³/mol. The lowest BCUT2D eigenvalue weighted by Crippen LogP contribution is -2.34. The summed E-state index contributed by atoms with van der Waals surface area (Å²) in [5, 5.41) is 3.44.